The summed E-state index contributed by atoms with van der Waals surface area (Å²) in [7, 11) is 3.24. The Labute approximate surface area is 137 Å². The molecule has 0 saturated carbocycles. The van der Waals surface area contributed by atoms with E-state index in [0.717, 1.165) is 10.0 Å². The molecular weight excluding hydrogens is 354 g/mol. The molecule has 1 saturated heterocycles. The van der Waals surface area contributed by atoms with E-state index < -0.39 is 18.2 Å². The topological polar surface area (TPSA) is 76.1 Å². The zero-order chi connectivity index (χ0) is 16.3. The van der Waals surface area contributed by atoms with Crippen LogP contribution in [0.3, 0.4) is 0 Å². The van der Waals surface area contributed by atoms with Gasteiger partial charge in [-0.15, -0.1) is 0 Å². The van der Waals surface area contributed by atoms with Crippen molar-refractivity contribution in [1.82, 2.24) is 4.90 Å². The number of carboxylic acids is 1. The maximum atomic E-state index is 12.4. The van der Waals surface area contributed by atoms with Gasteiger partial charge in [0.25, 0.3) is 5.91 Å². The Bertz CT molecular complexity index is 577. The van der Waals surface area contributed by atoms with Gasteiger partial charge in [0.15, 0.2) is 6.10 Å². The van der Waals surface area contributed by atoms with Gasteiger partial charge in [0.2, 0.25) is 0 Å². The van der Waals surface area contributed by atoms with Crippen molar-refractivity contribution in [2.75, 3.05) is 14.2 Å². The van der Waals surface area contributed by atoms with Crippen LogP contribution in [-0.2, 0) is 20.9 Å². The molecule has 1 aliphatic heterocycles. The van der Waals surface area contributed by atoms with Gasteiger partial charge in [0, 0.05) is 23.6 Å². The van der Waals surface area contributed by atoms with E-state index in [9.17, 15) is 9.59 Å². The number of aliphatic carboxylic acids is 1. The summed E-state index contributed by atoms with van der Waals surface area (Å²) in [6, 6.07) is 5.57. The van der Waals surface area contributed by atoms with Gasteiger partial charge in [-0.3, -0.25) is 4.79 Å². The van der Waals surface area contributed by atoms with E-state index in [1.807, 2.05) is 18.2 Å². The van der Waals surface area contributed by atoms with Gasteiger partial charge >= 0.3 is 5.97 Å². The van der Waals surface area contributed by atoms with Crippen LogP contribution in [0, 0.1) is 0 Å². The summed E-state index contributed by atoms with van der Waals surface area (Å²) in [6.07, 6.45) is -0.790. The highest BCUT2D eigenvalue weighted by atomic mass is 79.9. The first kappa shape index (κ1) is 16.8. The van der Waals surface area contributed by atoms with E-state index in [-0.39, 0.29) is 5.91 Å². The van der Waals surface area contributed by atoms with Crippen LogP contribution in [0.15, 0.2) is 22.7 Å². The van der Waals surface area contributed by atoms with Crippen LogP contribution < -0.4 is 4.74 Å². The molecule has 0 bridgehead atoms. The molecule has 2 atom stereocenters. The van der Waals surface area contributed by atoms with Crippen LogP contribution in [-0.4, -0.2) is 48.2 Å². The Balaban J connectivity index is 2.03. The Hall–Kier alpha value is -1.60. The minimum absolute atomic E-state index is 0.217. The second-order valence-electron chi connectivity index (χ2n) is 5.18. The van der Waals surface area contributed by atoms with Crippen LogP contribution in [0.2, 0.25) is 0 Å². The number of nitrogens with zero attached hydrogens (tertiary/aromatic N) is 1. The normalized spacial score (nSPS) is 20.7. The molecule has 1 aromatic rings. The van der Waals surface area contributed by atoms with Gasteiger partial charge in [-0.25, -0.2) is 4.79 Å². The number of rotatable bonds is 5. The first-order valence-electron chi connectivity index (χ1n) is 6.88. The predicted octanol–water partition coefficient (Wildman–Crippen LogP) is 2.05. The molecule has 1 aliphatic rings. The van der Waals surface area contributed by atoms with Crippen LogP contribution in [0.4, 0.5) is 0 Å². The van der Waals surface area contributed by atoms with Crippen molar-refractivity contribution < 1.29 is 24.2 Å². The summed E-state index contributed by atoms with van der Waals surface area (Å²) in [6.45, 7) is 0.360. The molecule has 0 unspecified atom stereocenters. The van der Waals surface area contributed by atoms with Crippen molar-refractivity contribution in [2.45, 2.75) is 31.6 Å². The third-order valence-electron chi connectivity index (χ3n) is 3.60. The zero-order valence-electron chi connectivity index (χ0n) is 12.4. The second kappa shape index (κ2) is 7.11. The Morgan fingerprint density at radius 1 is 1.41 bits per heavy atom. The van der Waals surface area contributed by atoms with Gasteiger partial charge in [-0.1, -0.05) is 15.9 Å². The number of halogens is 1. The van der Waals surface area contributed by atoms with Crippen LogP contribution in [0.25, 0.3) is 0 Å². The van der Waals surface area contributed by atoms with Crippen molar-refractivity contribution in [1.29, 1.82) is 0 Å². The summed E-state index contributed by atoms with van der Waals surface area (Å²) >= 11 is 3.39. The minimum atomic E-state index is -1.02. The van der Waals surface area contributed by atoms with Gasteiger partial charge in [0.1, 0.15) is 11.9 Å². The van der Waals surface area contributed by atoms with Crippen molar-refractivity contribution in [3.63, 3.8) is 0 Å². The average molecular weight is 372 g/mol. The molecule has 0 radical (unpaired) electrons. The smallest absolute Gasteiger partial charge is 0.332 e. The number of carbonyl (C=O) groups excluding carboxylic acids is 1. The summed E-state index contributed by atoms with van der Waals surface area (Å²) in [4.78, 5) is 24.8. The molecule has 1 N–H and O–H groups in total. The van der Waals surface area contributed by atoms with E-state index in [4.69, 9.17) is 14.6 Å². The van der Waals surface area contributed by atoms with Gasteiger partial charge in [-0.2, -0.15) is 0 Å². The molecular formula is C15H18BrNO5. The fourth-order valence-electron chi connectivity index (χ4n) is 2.45. The molecule has 1 fully saturated rings. The Kier molecular flexibility index (Phi) is 5.42. The largest absolute Gasteiger partial charge is 0.496 e. The zero-order valence-corrected chi connectivity index (χ0v) is 14.0. The second-order valence-corrected chi connectivity index (χ2v) is 6.10. The quantitative estimate of drug-likeness (QED) is 0.856. The molecule has 120 valence electrons. The Morgan fingerprint density at radius 3 is 2.68 bits per heavy atom. The summed E-state index contributed by atoms with van der Waals surface area (Å²) in [5, 5.41) is 8.91. The van der Waals surface area contributed by atoms with E-state index in [1.165, 1.54) is 4.90 Å². The van der Waals surface area contributed by atoms with Crippen molar-refractivity contribution in [2.24, 2.45) is 0 Å². The highest BCUT2D eigenvalue weighted by molar-refractivity contribution is 9.10. The fraction of sp³-hybridized carbons (Fsp3) is 0.467. The van der Waals surface area contributed by atoms with Crippen LogP contribution >= 0.6 is 15.9 Å². The molecule has 22 heavy (non-hydrogen) atoms. The van der Waals surface area contributed by atoms with Crippen LogP contribution in [0.5, 0.6) is 5.75 Å². The molecule has 1 aromatic carbocycles. The number of hydrogen-bond acceptors (Lipinski definition) is 4. The van der Waals surface area contributed by atoms with Gasteiger partial charge in [-0.05, 0) is 31.0 Å². The van der Waals surface area contributed by atoms with Crippen molar-refractivity contribution in [3.05, 3.63) is 28.2 Å². The molecule has 2 rings (SSSR count). The third kappa shape index (κ3) is 3.78. The Morgan fingerprint density at radius 2 is 2.09 bits per heavy atom. The highest BCUT2D eigenvalue weighted by Gasteiger charge is 2.36. The van der Waals surface area contributed by atoms with E-state index in [0.29, 0.717) is 25.1 Å². The lowest BCUT2D eigenvalue weighted by atomic mass is 10.1. The average Bonchev–Trinajstić information content (AvgIpc) is 2.96. The van der Waals surface area contributed by atoms with Crippen LogP contribution in [0.1, 0.15) is 18.4 Å². The summed E-state index contributed by atoms with van der Waals surface area (Å²) in [5.41, 5.74) is 0.862. The van der Waals surface area contributed by atoms with Crippen molar-refractivity contribution >= 4 is 27.8 Å². The lowest BCUT2D eigenvalue weighted by Gasteiger charge is -2.22. The standard InChI is InChI=1S/C15H18BrNO5/c1-17(8-9-7-10(16)3-4-11(9)21-2)14(18)12-5-6-13(22-12)15(19)20/h3-4,7,12-13H,5-6,8H2,1-2H3,(H,19,20)/t12-,13+/m0/s1. The SMILES string of the molecule is COc1ccc(Br)cc1CN(C)C(=O)[C@@H]1CC[C@H](C(=O)O)O1. The lowest BCUT2D eigenvalue weighted by molar-refractivity contribution is -0.154. The summed E-state index contributed by atoms with van der Waals surface area (Å²) < 4.78 is 11.5. The first-order valence-corrected chi connectivity index (χ1v) is 7.67. The lowest BCUT2D eigenvalue weighted by Crippen LogP contribution is -2.36. The highest BCUT2D eigenvalue weighted by Crippen LogP contribution is 2.26. The number of methoxy groups -OCH3 is 1. The van der Waals surface area contributed by atoms with Crippen molar-refractivity contribution in [3.8, 4) is 5.75 Å². The molecule has 0 aromatic heterocycles. The predicted molar refractivity (Wildman–Crippen MR) is 82.7 cm³/mol. The first-order chi connectivity index (χ1) is 10.4. The monoisotopic (exact) mass is 371 g/mol. The third-order valence-corrected chi connectivity index (χ3v) is 4.09. The minimum Gasteiger partial charge on any atom is -0.496 e. The summed E-state index contributed by atoms with van der Waals surface area (Å²) in [5.74, 6) is -0.545. The number of carbonyl (C=O) groups is 2. The fourth-order valence-corrected chi connectivity index (χ4v) is 2.86. The number of benzene rings is 1. The molecule has 0 aliphatic carbocycles. The van der Waals surface area contributed by atoms with Gasteiger partial charge in [0.05, 0.1) is 7.11 Å². The number of ether oxygens (including phenoxy) is 2. The van der Waals surface area contributed by atoms with Gasteiger partial charge < -0.3 is 19.5 Å². The van der Waals surface area contributed by atoms with E-state index >= 15 is 0 Å². The maximum absolute atomic E-state index is 12.4. The molecule has 1 heterocycles. The van der Waals surface area contributed by atoms with E-state index in [1.54, 1.807) is 14.2 Å². The molecule has 1 amide bonds. The number of likely N-dealkylation sites (N-methyl/N-ethyl adjacent to an activating group) is 1. The number of amides is 1. The number of hydrogen-bond donors (Lipinski definition) is 1. The maximum Gasteiger partial charge on any atom is 0.332 e. The number of carboxylic acid groups (broad SMARTS) is 1. The molecule has 6 nitrogen and oxygen atoms in total. The molecule has 0 spiro atoms. The van der Waals surface area contributed by atoms with E-state index in [2.05, 4.69) is 15.9 Å². The molecule has 7 heteroatoms.